The van der Waals surface area contributed by atoms with Crippen molar-refractivity contribution in [3.05, 3.63) is 58.4 Å². The Morgan fingerprint density at radius 2 is 1.88 bits per heavy atom. The van der Waals surface area contributed by atoms with Crippen molar-refractivity contribution in [2.45, 2.75) is 56.9 Å². The number of aliphatic carboxylic acids is 1. The monoisotopic (exact) mass is 568 g/mol. The summed E-state index contributed by atoms with van der Waals surface area (Å²) in [5, 5.41) is 39.4. The van der Waals surface area contributed by atoms with Crippen LogP contribution in [0.15, 0.2) is 47.3 Å². The van der Waals surface area contributed by atoms with Gasteiger partial charge in [0, 0.05) is 6.42 Å². The molecule has 2 heterocycles. The number of aromatic nitrogens is 3. The number of halogens is 3. The molecule has 2 aromatic carbocycles. The largest absolute Gasteiger partial charge is 0.573 e. The highest BCUT2D eigenvalue weighted by Gasteiger charge is 2.41. The Hall–Kier alpha value is -4.28. The number of rotatable bonds is 8. The summed E-state index contributed by atoms with van der Waals surface area (Å²) >= 11 is 0. The molecule has 0 radical (unpaired) electrons. The van der Waals surface area contributed by atoms with Crippen LogP contribution in [0.3, 0.4) is 0 Å². The second-order valence-electron chi connectivity index (χ2n) is 8.86. The van der Waals surface area contributed by atoms with Crippen LogP contribution in [0.4, 0.5) is 13.2 Å². The fourth-order valence-electron chi connectivity index (χ4n) is 4.02. The summed E-state index contributed by atoms with van der Waals surface area (Å²) in [5.74, 6) is -2.69. The standard InChI is InChI=1S/C24H23F3N4O9/c1-11(12-5-7-13(8-6-12)40-24(25,26)27)28-18(34)10-31-21(35)19-14(29-30-31)3-2-4-17(19)38-23-16(33)9-15(32)20(39-23)22(36)37/h2-8,11,15-16,20,23,32-33H,9-10H2,1H3,(H,28,34)(H,36,37)/t11-,15-,16+,20-,23-/m0/s1. The molecule has 0 spiro atoms. The minimum absolute atomic E-state index is 0.0776. The Morgan fingerprint density at radius 1 is 1.18 bits per heavy atom. The van der Waals surface area contributed by atoms with Crippen LogP contribution in [0.1, 0.15) is 24.9 Å². The smallest absolute Gasteiger partial charge is 0.479 e. The number of carboxylic acids is 1. The highest BCUT2D eigenvalue weighted by Crippen LogP contribution is 2.28. The number of aliphatic hydroxyl groups is 2. The summed E-state index contributed by atoms with van der Waals surface area (Å²) in [6.45, 7) is 1.00. The number of carbonyl (C=O) groups excluding carboxylic acids is 1. The van der Waals surface area contributed by atoms with Gasteiger partial charge in [-0.15, -0.1) is 18.3 Å². The maximum Gasteiger partial charge on any atom is 0.573 e. The lowest BCUT2D eigenvalue weighted by molar-refractivity contribution is -0.274. The van der Waals surface area contributed by atoms with Crippen LogP contribution in [0.5, 0.6) is 11.5 Å². The van der Waals surface area contributed by atoms with Crippen molar-refractivity contribution in [2.24, 2.45) is 0 Å². The third-order valence-electron chi connectivity index (χ3n) is 5.91. The van der Waals surface area contributed by atoms with E-state index in [2.05, 4.69) is 20.4 Å². The van der Waals surface area contributed by atoms with E-state index in [1.165, 1.54) is 30.3 Å². The van der Waals surface area contributed by atoms with E-state index in [9.17, 15) is 42.9 Å². The van der Waals surface area contributed by atoms with Crippen molar-refractivity contribution in [1.29, 1.82) is 0 Å². The molecule has 3 aromatic rings. The minimum atomic E-state index is -4.84. The second kappa shape index (κ2) is 11.4. The molecule has 214 valence electrons. The SMILES string of the molecule is C[C@H](NC(=O)Cn1nnc2cccc(O[C@H]3O[C@H](C(=O)O)[C@@H](O)C[C@H]3O)c2c1=O)c1ccc(OC(F)(F)F)cc1. The maximum absolute atomic E-state index is 13.2. The van der Waals surface area contributed by atoms with Gasteiger partial charge in [0.05, 0.1) is 12.1 Å². The van der Waals surface area contributed by atoms with Gasteiger partial charge in [0.1, 0.15) is 35.1 Å². The van der Waals surface area contributed by atoms with E-state index < -0.39 is 66.7 Å². The molecule has 1 aliphatic heterocycles. The van der Waals surface area contributed by atoms with Gasteiger partial charge in [0.25, 0.3) is 5.56 Å². The van der Waals surface area contributed by atoms with Crippen molar-refractivity contribution in [1.82, 2.24) is 20.3 Å². The number of amides is 1. The van der Waals surface area contributed by atoms with Crippen LogP contribution in [-0.4, -0.2) is 73.2 Å². The Morgan fingerprint density at radius 3 is 2.52 bits per heavy atom. The first-order valence-corrected chi connectivity index (χ1v) is 11.7. The lowest BCUT2D eigenvalue weighted by Gasteiger charge is -2.35. The van der Waals surface area contributed by atoms with Gasteiger partial charge >= 0.3 is 12.3 Å². The summed E-state index contributed by atoms with van der Waals surface area (Å²) < 4.78 is 52.4. The van der Waals surface area contributed by atoms with Crippen molar-refractivity contribution >= 4 is 22.8 Å². The van der Waals surface area contributed by atoms with Crippen molar-refractivity contribution in [2.75, 3.05) is 0 Å². The van der Waals surface area contributed by atoms with Crippen LogP contribution in [0, 0.1) is 0 Å². The molecule has 1 fully saturated rings. The zero-order valence-electron chi connectivity index (χ0n) is 20.6. The molecule has 5 atom stereocenters. The van der Waals surface area contributed by atoms with E-state index in [0.29, 0.717) is 5.56 Å². The van der Waals surface area contributed by atoms with Crippen LogP contribution >= 0.6 is 0 Å². The molecule has 0 unspecified atom stereocenters. The number of benzene rings is 2. The molecular weight excluding hydrogens is 545 g/mol. The van der Waals surface area contributed by atoms with Crippen molar-refractivity contribution < 1.29 is 52.3 Å². The third kappa shape index (κ3) is 6.64. The summed E-state index contributed by atoms with van der Waals surface area (Å²) in [5.41, 5.74) is -0.252. The molecule has 0 aliphatic carbocycles. The molecule has 4 rings (SSSR count). The van der Waals surface area contributed by atoms with Gasteiger partial charge in [-0.2, -0.15) is 0 Å². The first kappa shape index (κ1) is 28.7. The fraction of sp³-hybridized carbons (Fsp3) is 0.375. The molecule has 1 aromatic heterocycles. The number of nitrogens with one attached hydrogen (secondary N) is 1. The molecule has 0 bridgehead atoms. The van der Waals surface area contributed by atoms with Gasteiger partial charge in [-0.1, -0.05) is 23.4 Å². The van der Waals surface area contributed by atoms with Gasteiger partial charge in [-0.05, 0) is 36.8 Å². The molecule has 1 amide bonds. The van der Waals surface area contributed by atoms with E-state index in [-0.39, 0.29) is 23.1 Å². The molecule has 4 N–H and O–H groups in total. The Balaban J connectivity index is 1.49. The third-order valence-corrected chi connectivity index (χ3v) is 5.91. The van der Waals surface area contributed by atoms with Crippen LogP contribution in [0.25, 0.3) is 10.9 Å². The van der Waals surface area contributed by atoms with Crippen molar-refractivity contribution in [3.63, 3.8) is 0 Å². The number of aliphatic hydroxyl groups excluding tert-OH is 2. The van der Waals surface area contributed by atoms with Gasteiger partial charge in [0.15, 0.2) is 6.10 Å². The van der Waals surface area contributed by atoms with Gasteiger partial charge in [-0.3, -0.25) is 9.59 Å². The average Bonchev–Trinajstić information content (AvgIpc) is 2.86. The minimum Gasteiger partial charge on any atom is -0.479 e. The summed E-state index contributed by atoms with van der Waals surface area (Å²) in [6, 6.07) is 8.47. The highest BCUT2D eigenvalue weighted by atomic mass is 19.4. The van der Waals surface area contributed by atoms with Crippen LogP contribution in [0.2, 0.25) is 0 Å². The van der Waals surface area contributed by atoms with Gasteiger partial charge in [0.2, 0.25) is 12.2 Å². The lowest BCUT2D eigenvalue weighted by Crippen LogP contribution is -2.52. The Kier molecular flexibility index (Phi) is 8.22. The molecule has 1 aliphatic rings. The topological polar surface area (TPSA) is 182 Å². The van der Waals surface area contributed by atoms with E-state index in [4.69, 9.17) is 9.47 Å². The number of alkyl halides is 3. The lowest BCUT2D eigenvalue weighted by atomic mass is 10.0. The normalized spacial score (nSPS) is 21.9. The molecule has 0 saturated carbocycles. The summed E-state index contributed by atoms with van der Waals surface area (Å²) in [6.07, 6.45) is -11.3. The predicted octanol–water partition coefficient (Wildman–Crippen LogP) is 0.868. The second-order valence-corrected chi connectivity index (χ2v) is 8.86. The Labute approximate surface area is 222 Å². The zero-order valence-corrected chi connectivity index (χ0v) is 20.6. The first-order chi connectivity index (χ1) is 18.8. The number of hydrogen-bond donors (Lipinski definition) is 4. The maximum atomic E-state index is 13.2. The molecule has 13 nitrogen and oxygen atoms in total. The molecule has 40 heavy (non-hydrogen) atoms. The summed E-state index contributed by atoms with van der Waals surface area (Å²) in [7, 11) is 0. The number of nitrogens with zero attached hydrogens (tertiary/aromatic N) is 3. The van der Waals surface area contributed by atoms with Crippen LogP contribution < -0.4 is 20.3 Å². The van der Waals surface area contributed by atoms with E-state index in [1.807, 2.05) is 0 Å². The Bertz CT molecular complexity index is 1450. The summed E-state index contributed by atoms with van der Waals surface area (Å²) in [4.78, 5) is 37.2. The average molecular weight is 568 g/mol. The number of ether oxygens (including phenoxy) is 3. The number of carbonyl (C=O) groups is 2. The highest BCUT2D eigenvalue weighted by molar-refractivity contribution is 5.84. The van der Waals surface area contributed by atoms with E-state index in [1.54, 1.807) is 6.92 Å². The predicted molar refractivity (Wildman–Crippen MR) is 127 cm³/mol. The zero-order chi connectivity index (χ0) is 29.2. The fourth-order valence-corrected chi connectivity index (χ4v) is 4.02. The first-order valence-electron chi connectivity index (χ1n) is 11.7. The number of hydrogen-bond acceptors (Lipinski definition) is 10. The van der Waals surface area contributed by atoms with Crippen molar-refractivity contribution in [3.8, 4) is 11.5 Å². The van der Waals surface area contributed by atoms with E-state index >= 15 is 0 Å². The molecular formula is C24H23F3N4O9. The number of carboxylic acid groups (broad SMARTS) is 1. The van der Waals surface area contributed by atoms with Gasteiger partial charge < -0.3 is 34.8 Å². The molecule has 16 heteroatoms. The van der Waals surface area contributed by atoms with E-state index in [0.717, 1.165) is 16.8 Å². The number of fused-ring (bicyclic) bond motifs is 1. The quantitative estimate of drug-likeness (QED) is 0.303. The van der Waals surface area contributed by atoms with Crippen LogP contribution in [-0.2, 0) is 20.9 Å². The van der Waals surface area contributed by atoms with Gasteiger partial charge in [-0.25, -0.2) is 9.48 Å². The molecule has 1 saturated heterocycles.